The molecule has 11 heteroatoms. The van der Waals surface area contributed by atoms with Crippen LogP contribution >= 0.6 is 11.6 Å². The molecule has 0 bridgehead atoms. The largest absolute Gasteiger partial charge is 0.496 e. The van der Waals surface area contributed by atoms with Crippen molar-refractivity contribution in [2.75, 3.05) is 7.11 Å². The van der Waals surface area contributed by atoms with Crippen LogP contribution in [0.2, 0.25) is 5.02 Å². The molecular formula is C22H11ClF5NO3S. The normalized spacial score (nSPS) is 12.1. The highest BCUT2D eigenvalue weighted by atomic mass is 35.5. The summed E-state index contributed by atoms with van der Waals surface area (Å²) >= 11 is 3.50. The van der Waals surface area contributed by atoms with Gasteiger partial charge < -0.3 is 8.92 Å². The van der Waals surface area contributed by atoms with Crippen LogP contribution in [-0.4, -0.2) is 16.3 Å². The lowest BCUT2D eigenvalue weighted by Crippen LogP contribution is -2.09. The molecule has 1 unspecified atom stereocenters. The highest BCUT2D eigenvalue weighted by Crippen LogP contribution is 2.36. The van der Waals surface area contributed by atoms with Crippen LogP contribution in [0, 0.1) is 29.1 Å². The van der Waals surface area contributed by atoms with Gasteiger partial charge in [0.15, 0.2) is 0 Å². The van der Waals surface area contributed by atoms with E-state index in [1.165, 1.54) is 31.5 Å². The number of fused-ring (bicyclic) bond motifs is 1. The van der Waals surface area contributed by atoms with Gasteiger partial charge in [-0.3, -0.25) is 4.98 Å². The molecule has 3 aromatic carbocycles. The van der Waals surface area contributed by atoms with Crippen LogP contribution in [0.1, 0.15) is 0 Å². The van der Waals surface area contributed by atoms with Gasteiger partial charge in [0.1, 0.15) is 5.75 Å². The highest BCUT2D eigenvalue weighted by Gasteiger charge is 2.29. The van der Waals surface area contributed by atoms with Gasteiger partial charge in [0.25, 0.3) is 0 Å². The third-order valence-corrected chi connectivity index (χ3v) is 5.87. The fraction of sp³-hybridized carbons (Fsp3) is 0.0455. The minimum Gasteiger partial charge on any atom is -0.496 e. The molecular weight excluding hydrogens is 489 g/mol. The maximum Gasteiger partial charge on any atom is 0.240 e. The molecule has 0 fully saturated rings. The van der Waals surface area contributed by atoms with Crippen LogP contribution in [-0.2, 0) is 11.1 Å². The fourth-order valence-corrected chi connectivity index (χ4v) is 4.09. The van der Waals surface area contributed by atoms with Crippen molar-refractivity contribution in [3.8, 4) is 22.8 Å². The Bertz CT molecular complexity index is 1400. The number of benzene rings is 3. The molecule has 0 N–H and O–H groups in total. The molecule has 170 valence electrons. The molecule has 4 aromatic rings. The SMILES string of the molecule is COc1ccc(Cl)cc1-c1nccc2cc(S(=O)Oc3c(F)c(F)c(F)c(F)c3F)ccc12. The fourth-order valence-electron chi connectivity index (χ4n) is 3.12. The van der Waals surface area contributed by atoms with E-state index in [0.29, 0.717) is 32.8 Å². The van der Waals surface area contributed by atoms with E-state index in [2.05, 4.69) is 9.17 Å². The van der Waals surface area contributed by atoms with E-state index in [1.807, 2.05) is 0 Å². The number of hydrogen-bond donors (Lipinski definition) is 0. The van der Waals surface area contributed by atoms with Crippen LogP contribution in [0.15, 0.2) is 53.6 Å². The van der Waals surface area contributed by atoms with E-state index in [1.54, 1.807) is 24.3 Å². The third-order valence-electron chi connectivity index (χ3n) is 4.67. The number of pyridine rings is 1. The third kappa shape index (κ3) is 4.11. The van der Waals surface area contributed by atoms with Crippen LogP contribution in [0.3, 0.4) is 0 Å². The van der Waals surface area contributed by atoms with Gasteiger partial charge in [0.05, 0.1) is 17.7 Å². The van der Waals surface area contributed by atoms with E-state index >= 15 is 0 Å². The summed E-state index contributed by atoms with van der Waals surface area (Å²) in [7, 11) is 1.48. The van der Waals surface area contributed by atoms with Gasteiger partial charge in [-0.05, 0) is 41.8 Å². The zero-order valence-electron chi connectivity index (χ0n) is 16.5. The minimum absolute atomic E-state index is 0.0818. The molecule has 33 heavy (non-hydrogen) atoms. The first-order valence-corrected chi connectivity index (χ1v) is 10.5. The molecule has 1 heterocycles. The van der Waals surface area contributed by atoms with Crippen molar-refractivity contribution < 1.29 is 35.1 Å². The van der Waals surface area contributed by atoms with Crippen molar-refractivity contribution in [1.29, 1.82) is 0 Å². The number of methoxy groups -OCH3 is 1. The summed E-state index contributed by atoms with van der Waals surface area (Å²) in [6, 6.07) is 10.8. The lowest BCUT2D eigenvalue weighted by atomic mass is 10.0. The van der Waals surface area contributed by atoms with Crippen LogP contribution in [0.4, 0.5) is 22.0 Å². The van der Waals surface area contributed by atoms with Gasteiger partial charge in [-0.1, -0.05) is 17.7 Å². The summed E-state index contributed by atoms with van der Waals surface area (Å²) in [6.45, 7) is 0. The van der Waals surface area contributed by atoms with Crippen molar-refractivity contribution >= 4 is 33.5 Å². The molecule has 0 saturated heterocycles. The zero-order chi connectivity index (χ0) is 23.9. The Morgan fingerprint density at radius 1 is 0.879 bits per heavy atom. The Labute approximate surface area is 191 Å². The van der Waals surface area contributed by atoms with Crippen molar-refractivity contribution in [2.45, 2.75) is 4.90 Å². The quantitative estimate of drug-likeness (QED) is 0.182. The second-order valence-electron chi connectivity index (χ2n) is 6.60. The van der Waals surface area contributed by atoms with E-state index < -0.39 is 45.9 Å². The summed E-state index contributed by atoms with van der Waals surface area (Å²) in [6.07, 6.45) is 1.47. The van der Waals surface area contributed by atoms with E-state index in [4.69, 9.17) is 16.3 Å². The van der Waals surface area contributed by atoms with Gasteiger partial charge in [-0.15, -0.1) is 0 Å². The Morgan fingerprint density at radius 3 is 2.21 bits per heavy atom. The predicted molar refractivity (Wildman–Crippen MR) is 112 cm³/mol. The zero-order valence-corrected chi connectivity index (χ0v) is 18.0. The van der Waals surface area contributed by atoms with E-state index in [9.17, 15) is 26.2 Å². The van der Waals surface area contributed by atoms with E-state index in [-0.39, 0.29) is 4.90 Å². The molecule has 0 aliphatic carbocycles. The van der Waals surface area contributed by atoms with Gasteiger partial charge in [0.2, 0.25) is 45.9 Å². The molecule has 4 nitrogen and oxygen atoms in total. The van der Waals surface area contributed by atoms with Crippen molar-refractivity contribution in [3.05, 3.63) is 82.8 Å². The second-order valence-corrected chi connectivity index (χ2v) is 8.15. The Kier molecular flexibility index (Phi) is 6.22. The molecule has 0 radical (unpaired) electrons. The number of halogens is 6. The molecule has 1 aromatic heterocycles. The lowest BCUT2D eigenvalue weighted by Gasteiger charge is -2.12. The molecule has 0 saturated carbocycles. The first-order valence-electron chi connectivity index (χ1n) is 9.07. The first-order chi connectivity index (χ1) is 15.7. The summed E-state index contributed by atoms with van der Waals surface area (Å²) in [5, 5.41) is 1.54. The average molecular weight is 500 g/mol. The maximum absolute atomic E-state index is 13.9. The van der Waals surface area contributed by atoms with Crippen LogP contribution < -0.4 is 8.92 Å². The number of hydrogen-bond acceptors (Lipinski definition) is 4. The van der Waals surface area contributed by atoms with Gasteiger partial charge >= 0.3 is 0 Å². The Balaban J connectivity index is 1.75. The smallest absolute Gasteiger partial charge is 0.240 e. The van der Waals surface area contributed by atoms with E-state index in [0.717, 1.165) is 0 Å². The van der Waals surface area contributed by atoms with Crippen molar-refractivity contribution in [1.82, 2.24) is 4.98 Å². The summed E-state index contributed by atoms with van der Waals surface area (Å²) in [5.74, 6) is -12.3. The topological polar surface area (TPSA) is 48.4 Å². The van der Waals surface area contributed by atoms with Crippen LogP contribution in [0.25, 0.3) is 22.0 Å². The van der Waals surface area contributed by atoms with Crippen molar-refractivity contribution in [3.63, 3.8) is 0 Å². The van der Waals surface area contributed by atoms with Gasteiger partial charge in [0, 0.05) is 22.2 Å². The Morgan fingerprint density at radius 2 is 1.55 bits per heavy atom. The molecule has 1 atom stereocenters. The average Bonchev–Trinajstić information content (AvgIpc) is 2.83. The monoisotopic (exact) mass is 499 g/mol. The van der Waals surface area contributed by atoms with Gasteiger partial charge in [-0.25, -0.2) is 17.4 Å². The second kappa shape index (κ2) is 8.95. The standard InChI is InChI=1S/C22H11ClF5NO3S/c1-31-15-5-2-11(23)9-14(15)21-13-4-3-12(8-10(13)6-7-29-21)33(30)32-22-19(27)17(25)16(24)18(26)20(22)28/h2-9H,1H3. The Hall–Kier alpha value is -3.24. The molecule has 0 spiro atoms. The summed E-state index contributed by atoms with van der Waals surface area (Å²) in [4.78, 5) is 4.27. The first kappa shape index (κ1) is 22.9. The number of rotatable bonds is 5. The molecule has 0 amide bonds. The molecule has 0 aliphatic heterocycles. The number of aromatic nitrogens is 1. The minimum atomic E-state index is -2.60. The predicted octanol–water partition coefficient (Wildman–Crippen LogP) is 6.36. The summed E-state index contributed by atoms with van der Waals surface area (Å²) < 4.78 is 90.2. The molecule has 4 rings (SSSR count). The highest BCUT2D eigenvalue weighted by molar-refractivity contribution is 7.80. The maximum atomic E-state index is 13.9. The van der Waals surface area contributed by atoms with Crippen LogP contribution in [0.5, 0.6) is 11.5 Å². The lowest BCUT2D eigenvalue weighted by molar-refractivity contribution is 0.352. The number of nitrogens with zero attached hydrogens (tertiary/aromatic N) is 1. The number of ether oxygens (including phenoxy) is 1. The van der Waals surface area contributed by atoms with Gasteiger partial charge in [-0.2, -0.15) is 8.78 Å². The summed E-state index contributed by atoms with van der Waals surface area (Å²) in [5.41, 5.74) is 1.08. The van der Waals surface area contributed by atoms with Crippen molar-refractivity contribution in [2.24, 2.45) is 0 Å². The molecule has 0 aliphatic rings.